The molecule has 96 valence electrons. The van der Waals surface area contributed by atoms with Gasteiger partial charge in [0.05, 0.1) is 32.7 Å². The number of carbonyl (C=O) groups is 2. The zero-order chi connectivity index (χ0) is 12.7. The zero-order valence-electron chi connectivity index (χ0n) is 9.46. The highest BCUT2D eigenvalue weighted by molar-refractivity contribution is 5.92. The maximum absolute atomic E-state index is 14.2. The Hall–Kier alpha value is -1.24. The van der Waals surface area contributed by atoms with Crippen LogP contribution in [0.15, 0.2) is 0 Å². The summed E-state index contributed by atoms with van der Waals surface area (Å²) in [6.45, 7) is -1.08. The first-order chi connectivity index (χ1) is 7.93. The molecule has 2 amide bonds. The van der Waals surface area contributed by atoms with E-state index in [9.17, 15) is 18.4 Å². The smallest absolute Gasteiger partial charge is 0.263 e. The van der Waals surface area contributed by atoms with Gasteiger partial charge in [-0.2, -0.15) is 0 Å². The minimum Gasteiger partial charge on any atom is -0.384 e. The molecule has 0 aromatic heterocycles. The Morgan fingerprint density at radius 3 is 2.82 bits per heavy atom. The third-order valence-corrected chi connectivity index (χ3v) is 3.32. The van der Waals surface area contributed by atoms with E-state index >= 15 is 0 Å². The Morgan fingerprint density at radius 1 is 1.53 bits per heavy atom. The summed E-state index contributed by atoms with van der Waals surface area (Å²) < 4.78 is 33.1. The van der Waals surface area contributed by atoms with Crippen molar-refractivity contribution in [1.29, 1.82) is 0 Å². The molecule has 7 heteroatoms. The highest BCUT2D eigenvalue weighted by Gasteiger charge is 2.69. The summed E-state index contributed by atoms with van der Waals surface area (Å²) in [5.41, 5.74) is -4.90. The van der Waals surface area contributed by atoms with Crippen LogP contribution in [0.4, 0.5) is 8.78 Å². The fourth-order valence-corrected chi connectivity index (χ4v) is 2.24. The summed E-state index contributed by atoms with van der Waals surface area (Å²) in [5, 5.41) is 2.15. The molecule has 5 nitrogen and oxygen atoms in total. The van der Waals surface area contributed by atoms with Crippen molar-refractivity contribution in [1.82, 2.24) is 10.2 Å². The molecule has 17 heavy (non-hydrogen) atoms. The van der Waals surface area contributed by atoms with E-state index in [-0.39, 0.29) is 26.1 Å². The van der Waals surface area contributed by atoms with Crippen molar-refractivity contribution >= 4 is 11.8 Å². The number of nitrogens with one attached hydrogen (secondary N) is 1. The van der Waals surface area contributed by atoms with Crippen LogP contribution in [0.5, 0.6) is 0 Å². The van der Waals surface area contributed by atoms with E-state index in [0.29, 0.717) is 0 Å². The van der Waals surface area contributed by atoms with Crippen LogP contribution >= 0.6 is 0 Å². The van der Waals surface area contributed by atoms with Gasteiger partial charge in [0.15, 0.2) is 5.67 Å². The first-order valence-corrected chi connectivity index (χ1v) is 5.36. The van der Waals surface area contributed by atoms with Gasteiger partial charge in [0.25, 0.3) is 5.91 Å². The Kier molecular flexibility index (Phi) is 2.81. The summed E-state index contributed by atoms with van der Waals surface area (Å²) in [7, 11) is 1.44. The molecule has 2 fully saturated rings. The van der Waals surface area contributed by atoms with Gasteiger partial charge >= 0.3 is 0 Å². The van der Waals surface area contributed by atoms with Crippen molar-refractivity contribution in [3.63, 3.8) is 0 Å². The SMILES string of the molecule is COCCC(=O)N1C[C@@]2(F)CNC(=O)[C@@]2(F)C1. The van der Waals surface area contributed by atoms with Crippen LogP contribution in [-0.4, -0.2) is 61.4 Å². The van der Waals surface area contributed by atoms with Gasteiger partial charge in [0, 0.05) is 7.11 Å². The summed E-state index contributed by atoms with van der Waals surface area (Å²) in [4.78, 5) is 23.9. The summed E-state index contributed by atoms with van der Waals surface area (Å²) in [6.07, 6.45) is 0.0598. The molecule has 0 aromatic rings. The Labute approximate surface area is 97.1 Å². The van der Waals surface area contributed by atoms with Gasteiger partial charge in [-0.25, -0.2) is 8.78 Å². The number of rotatable bonds is 3. The Balaban J connectivity index is 2.08. The van der Waals surface area contributed by atoms with Gasteiger partial charge in [0.1, 0.15) is 0 Å². The third kappa shape index (κ3) is 1.69. The van der Waals surface area contributed by atoms with Crippen LogP contribution in [0.25, 0.3) is 0 Å². The van der Waals surface area contributed by atoms with Crippen LogP contribution < -0.4 is 5.32 Å². The molecular weight excluding hydrogens is 234 g/mol. The quantitative estimate of drug-likeness (QED) is 0.726. The molecule has 2 aliphatic rings. The third-order valence-electron chi connectivity index (χ3n) is 3.32. The van der Waals surface area contributed by atoms with Gasteiger partial charge in [-0.05, 0) is 0 Å². The first-order valence-electron chi connectivity index (χ1n) is 5.36. The second-order valence-electron chi connectivity index (χ2n) is 4.44. The monoisotopic (exact) mass is 248 g/mol. The lowest BCUT2D eigenvalue weighted by Crippen LogP contribution is -2.47. The second-order valence-corrected chi connectivity index (χ2v) is 4.44. The van der Waals surface area contributed by atoms with Crippen molar-refractivity contribution in [2.75, 3.05) is 33.4 Å². The van der Waals surface area contributed by atoms with Crippen molar-refractivity contribution in [3.8, 4) is 0 Å². The molecule has 2 heterocycles. The van der Waals surface area contributed by atoms with E-state index in [1.807, 2.05) is 0 Å². The van der Waals surface area contributed by atoms with Gasteiger partial charge in [-0.15, -0.1) is 0 Å². The number of ether oxygens (including phenoxy) is 1. The maximum Gasteiger partial charge on any atom is 0.263 e. The number of amides is 2. The van der Waals surface area contributed by atoms with Gasteiger partial charge in [0.2, 0.25) is 11.6 Å². The van der Waals surface area contributed by atoms with Crippen LogP contribution in [0.3, 0.4) is 0 Å². The van der Waals surface area contributed by atoms with Crippen LogP contribution in [0.2, 0.25) is 0 Å². The molecule has 1 N–H and O–H groups in total. The van der Waals surface area contributed by atoms with Gasteiger partial charge in [-0.3, -0.25) is 9.59 Å². The van der Waals surface area contributed by atoms with E-state index in [0.717, 1.165) is 4.90 Å². The standard InChI is InChI=1S/C10H14F2N2O3/c1-17-3-2-7(15)14-5-9(11)4-13-8(16)10(9,12)6-14/h2-6H2,1H3,(H,13,16)/t9-,10-/m0/s1. The number of nitrogens with zero attached hydrogens (tertiary/aromatic N) is 1. The molecule has 2 saturated heterocycles. The predicted molar refractivity (Wildman–Crippen MR) is 53.8 cm³/mol. The topological polar surface area (TPSA) is 58.6 Å². The Bertz CT molecular complexity index is 365. The highest BCUT2D eigenvalue weighted by atomic mass is 19.2. The molecule has 2 atom stereocenters. The lowest BCUT2D eigenvalue weighted by Gasteiger charge is -2.19. The van der Waals surface area contributed by atoms with E-state index in [2.05, 4.69) is 5.32 Å². The molecule has 0 aromatic carbocycles. The highest BCUT2D eigenvalue weighted by Crippen LogP contribution is 2.42. The minimum atomic E-state index is -2.60. The zero-order valence-corrected chi connectivity index (χ0v) is 9.46. The van der Waals surface area contributed by atoms with Crippen LogP contribution in [0, 0.1) is 0 Å². The Morgan fingerprint density at radius 2 is 2.24 bits per heavy atom. The minimum absolute atomic E-state index is 0.0598. The summed E-state index contributed by atoms with van der Waals surface area (Å²) in [5.74, 6) is -1.37. The molecule has 0 spiro atoms. The normalized spacial score (nSPS) is 35.9. The van der Waals surface area contributed by atoms with E-state index < -0.39 is 29.7 Å². The van der Waals surface area contributed by atoms with Crippen molar-refractivity contribution in [2.24, 2.45) is 0 Å². The number of hydrogen-bond acceptors (Lipinski definition) is 3. The molecule has 0 bridgehead atoms. The molecule has 0 radical (unpaired) electrons. The number of hydrogen-bond donors (Lipinski definition) is 1. The average molecular weight is 248 g/mol. The van der Waals surface area contributed by atoms with E-state index in [4.69, 9.17) is 4.74 Å². The van der Waals surface area contributed by atoms with Crippen LogP contribution in [-0.2, 0) is 14.3 Å². The molecule has 0 aliphatic carbocycles. The fourth-order valence-electron chi connectivity index (χ4n) is 2.24. The van der Waals surface area contributed by atoms with Gasteiger partial charge < -0.3 is 15.0 Å². The van der Waals surface area contributed by atoms with Crippen molar-refractivity contribution < 1.29 is 23.1 Å². The number of methoxy groups -OCH3 is 1. The summed E-state index contributed by atoms with van der Waals surface area (Å²) in [6, 6.07) is 0. The van der Waals surface area contributed by atoms with Crippen molar-refractivity contribution in [3.05, 3.63) is 0 Å². The fraction of sp³-hybridized carbons (Fsp3) is 0.800. The molecule has 2 aliphatic heterocycles. The molecular formula is C10H14F2N2O3. The lowest BCUT2D eigenvalue weighted by atomic mass is 9.93. The second kappa shape index (κ2) is 3.90. The number of fused-ring (bicyclic) bond motifs is 1. The average Bonchev–Trinajstić information content (AvgIpc) is 2.67. The van der Waals surface area contributed by atoms with Crippen molar-refractivity contribution in [2.45, 2.75) is 17.8 Å². The number of alkyl halides is 2. The van der Waals surface area contributed by atoms with E-state index in [1.54, 1.807) is 0 Å². The predicted octanol–water partition coefficient (Wildman–Crippen LogP) is -0.588. The molecule has 0 saturated carbocycles. The molecule has 0 unspecified atom stereocenters. The van der Waals surface area contributed by atoms with Crippen LogP contribution in [0.1, 0.15) is 6.42 Å². The van der Waals surface area contributed by atoms with E-state index in [1.165, 1.54) is 7.11 Å². The maximum atomic E-state index is 14.2. The first kappa shape index (κ1) is 12.2. The largest absolute Gasteiger partial charge is 0.384 e. The lowest BCUT2D eigenvalue weighted by molar-refractivity contribution is -0.134. The van der Waals surface area contributed by atoms with Gasteiger partial charge in [-0.1, -0.05) is 0 Å². The number of halogens is 2. The number of carbonyl (C=O) groups excluding carboxylic acids is 2. The summed E-state index contributed by atoms with van der Waals surface area (Å²) >= 11 is 0. The molecule has 2 rings (SSSR count). The number of likely N-dealkylation sites (tertiary alicyclic amines) is 1.